The zero-order valence-corrected chi connectivity index (χ0v) is 25.3. The quantitative estimate of drug-likeness (QED) is 0.285. The summed E-state index contributed by atoms with van der Waals surface area (Å²) in [6.07, 6.45) is 1.21. The maximum absolute atomic E-state index is 13.5. The summed E-state index contributed by atoms with van der Waals surface area (Å²) in [6, 6.07) is 23.9. The Morgan fingerprint density at radius 2 is 1.86 bits per heavy atom. The Morgan fingerprint density at radius 3 is 2.57 bits per heavy atom. The highest BCUT2D eigenvalue weighted by Gasteiger charge is 2.31. The van der Waals surface area contributed by atoms with Gasteiger partial charge in [-0.2, -0.15) is 0 Å². The molecule has 230 valence electrons. The number of benzene rings is 3. The number of tetrazole rings is 1. The fraction of sp³-hybridized carbons (Fsp3) is 0.364. The average molecular weight is 598 g/mol. The first kappa shape index (κ1) is 30.8. The second-order valence-electron chi connectivity index (χ2n) is 11.5. The van der Waals surface area contributed by atoms with Gasteiger partial charge in [0, 0.05) is 36.8 Å². The Kier molecular flexibility index (Phi) is 9.98. The van der Waals surface area contributed by atoms with Gasteiger partial charge in [-0.1, -0.05) is 61.5 Å². The molecule has 1 aliphatic heterocycles. The number of rotatable bonds is 10. The minimum absolute atomic E-state index is 0.0162. The van der Waals surface area contributed by atoms with Crippen molar-refractivity contribution in [1.82, 2.24) is 30.0 Å². The third kappa shape index (κ3) is 7.86. The van der Waals surface area contributed by atoms with E-state index in [0.29, 0.717) is 30.1 Å². The number of anilines is 1. The lowest BCUT2D eigenvalue weighted by Crippen LogP contribution is -2.47. The number of fused-ring (bicyclic) bond motifs is 1. The fourth-order valence-corrected chi connectivity index (χ4v) is 5.44. The summed E-state index contributed by atoms with van der Waals surface area (Å²) in [6.45, 7) is 5.56. The van der Waals surface area contributed by atoms with E-state index in [1.165, 1.54) is 27.7 Å². The number of hydrogen-bond acceptors (Lipinski definition) is 8. The Morgan fingerprint density at radius 1 is 1.11 bits per heavy atom. The summed E-state index contributed by atoms with van der Waals surface area (Å²) >= 11 is 0. The van der Waals surface area contributed by atoms with Crippen molar-refractivity contribution in [2.75, 3.05) is 32.1 Å². The number of likely N-dealkylation sites (N-methyl/N-ethyl adjacent to an activating group) is 1. The first-order chi connectivity index (χ1) is 21.3. The normalized spacial score (nSPS) is 17.7. The molecule has 0 aliphatic carbocycles. The molecule has 1 aromatic heterocycles. The number of ether oxygens (including phenoxy) is 1. The number of aliphatic hydroxyl groups is 1. The molecule has 3 aromatic carbocycles. The van der Waals surface area contributed by atoms with E-state index in [9.17, 15) is 14.7 Å². The van der Waals surface area contributed by atoms with Crippen molar-refractivity contribution in [3.8, 4) is 16.9 Å². The maximum atomic E-state index is 13.5. The fourth-order valence-electron chi connectivity index (χ4n) is 5.44. The minimum atomic E-state index is -0.341. The first-order valence-electron chi connectivity index (χ1n) is 14.8. The van der Waals surface area contributed by atoms with Crippen LogP contribution in [0.2, 0.25) is 0 Å². The Labute approximate surface area is 257 Å². The van der Waals surface area contributed by atoms with Gasteiger partial charge in [-0.15, -0.1) is 5.10 Å². The van der Waals surface area contributed by atoms with Gasteiger partial charge < -0.3 is 20.1 Å². The number of nitrogens with zero attached hydrogens (tertiary/aromatic N) is 6. The van der Waals surface area contributed by atoms with Gasteiger partial charge in [0.25, 0.3) is 0 Å². The number of nitrogens with one attached hydrogen (secondary N) is 1. The number of amides is 2. The second kappa shape index (κ2) is 14.2. The van der Waals surface area contributed by atoms with Crippen molar-refractivity contribution in [2.24, 2.45) is 5.92 Å². The molecule has 0 spiro atoms. The SMILES string of the molecule is C[C@H]1CN([C@@H](C)CO)C(=O)Cc2cc(NC(=O)Cn3cnnn3)ccc2O[C@@H]1CN(C)Cc1ccc(-c2ccccc2)cc1. The Hall–Kier alpha value is -4.61. The second-order valence-corrected chi connectivity index (χ2v) is 11.5. The largest absolute Gasteiger partial charge is 0.488 e. The van der Waals surface area contributed by atoms with Crippen LogP contribution in [0.3, 0.4) is 0 Å². The van der Waals surface area contributed by atoms with Crippen molar-refractivity contribution >= 4 is 17.5 Å². The van der Waals surface area contributed by atoms with Crippen molar-refractivity contribution < 1.29 is 19.4 Å². The van der Waals surface area contributed by atoms with Crippen LogP contribution >= 0.6 is 0 Å². The summed E-state index contributed by atoms with van der Waals surface area (Å²) in [5.74, 6) is 0.186. The van der Waals surface area contributed by atoms with Gasteiger partial charge in [-0.3, -0.25) is 14.5 Å². The molecule has 0 fully saturated rings. The lowest BCUT2D eigenvalue weighted by molar-refractivity contribution is -0.134. The molecule has 4 aromatic rings. The third-order valence-corrected chi connectivity index (χ3v) is 7.90. The maximum Gasteiger partial charge on any atom is 0.246 e. The molecule has 1 aliphatic rings. The number of aromatic nitrogens is 4. The number of carbonyl (C=O) groups excluding carboxylic acids is 2. The topological polar surface area (TPSA) is 126 Å². The van der Waals surface area contributed by atoms with E-state index in [-0.39, 0.29) is 49.5 Å². The summed E-state index contributed by atoms with van der Waals surface area (Å²) in [7, 11) is 2.07. The van der Waals surface area contributed by atoms with Crippen LogP contribution in [0.1, 0.15) is 25.0 Å². The molecular formula is C33H39N7O4. The van der Waals surface area contributed by atoms with Crippen LogP contribution < -0.4 is 10.1 Å². The lowest BCUT2D eigenvalue weighted by atomic mass is 10.0. The number of aliphatic hydroxyl groups excluding tert-OH is 1. The molecule has 11 nitrogen and oxygen atoms in total. The lowest BCUT2D eigenvalue weighted by Gasteiger charge is -2.34. The van der Waals surface area contributed by atoms with Crippen LogP contribution in [0.25, 0.3) is 11.1 Å². The highest BCUT2D eigenvalue weighted by atomic mass is 16.5. The smallest absolute Gasteiger partial charge is 0.246 e. The van der Waals surface area contributed by atoms with Crippen molar-refractivity contribution in [1.29, 1.82) is 0 Å². The molecule has 0 saturated heterocycles. The molecule has 0 saturated carbocycles. The van der Waals surface area contributed by atoms with Crippen LogP contribution in [0.15, 0.2) is 79.1 Å². The van der Waals surface area contributed by atoms with Crippen LogP contribution in [-0.4, -0.2) is 85.8 Å². The number of hydrogen-bond donors (Lipinski definition) is 2. The molecule has 11 heteroatoms. The molecule has 0 unspecified atom stereocenters. The molecule has 2 N–H and O–H groups in total. The van der Waals surface area contributed by atoms with Gasteiger partial charge in [0.15, 0.2) is 0 Å². The molecule has 0 radical (unpaired) electrons. The van der Waals surface area contributed by atoms with Crippen LogP contribution in [-0.2, 0) is 29.1 Å². The van der Waals surface area contributed by atoms with Gasteiger partial charge in [-0.05, 0) is 59.3 Å². The Balaban J connectivity index is 1.33. The zero-order valence-electron chi connectivity index (χ0n) is 25.3. The van der Waals surface area contributed by atoms with E-state index in [2.05, 4.69) is 76.1 Å². The minimum Gasteiger partial charge on any atom is -0.488 e. The van der Waals surface area contributed by atoms with Crippen LogP contribution in [0.4, 0.5) is 5.69 Å². The van der Waals surface area contributed by atoms with Crippen LogP contribution in [0.5, 0.6) is 5.75 Å². The van der Waals surface area contributed by atoms with E-state index >= 15 is 0 Å². The monoisotopic (exact) mass is 597 g/mol. The van der Waals surface area contributed by atoms with E-state index in [4.69, 9.17) is 4.74 Å². The van der Waals surface area contributed by atoms with Gasteiger partial charge in [0.05, 0.1) is 19.1 Å². The van der Waals surface area contributed by atoms with Crippen molar-refractivity contribution in [2.45, 2.75) is 45.5 Å². The first-order valence-corrected chi connectivity index (χ1v) is 14.8. The molecular weight excluding hydrogens is 558 g/mol. The summed E-state index contributed by atoms with van der Waals surface area (Å²) < 4.78 is 7.97. The molecule has 0 bridgehead atoms. The average Bonchev–Trinajstić information content (AvgIpc) is 3.54. The summed E-state index contributed by atoms with van der Waals surface area (Å²) in [5, 5.41) is 23.6. The summed E-state index contributed by atoms with van der Waals surface area (Å²) in [4.78, 5) is 30.0. The standard InChI is InChI=1S/C33H39N7O4/c1-23-17-40(24(2)21-41)33(43)16-28-15-29(35-32(42)20-39-22-34-36-37-39)13-14-30(28)44-31(23)19-38(3)18-25-9-11-27(12-10-25)26-7-5-4-6-8-26/h4-15,22-24,31,41H,16-21H2,1-3H3,(H,35,42)/t23-,24-,31+/m0/s1. The van der Waals surface area contributed by atoms with E-state index < -0.39 is 0 Å². The van der Waals surface area contributed by atoms with E-state index in [1.54, 1.807) is 17.0 Å². The highest BCUT2D eigenvalue weighted by molar-refractivity contribution is 5.91. The molecule has 44 heavy (non-hydrogen) atoms. The van der Waals surface area contributed by atoms with Gasteiger partial charge in [-0.25, -0.2) is 4.68 Å². The molecule has 5 rings (SSSR count). The van der Waals surface area contributed by atoms with Gasteiger partial charge in [0.1, 0.15) is 24.7 Å². The predicted octanol–water partition coefficient (Wildman–Crippen LogP) is 3.26. The van der Waals surface area contributed by atoms with E-state index in [0.717, 1.165) is 6.54 Å². The predicted molar refractivity (Wildman–Crippen MR) is 167 cm³/mol. The molecule has 2 amide bonds. The number of carbonyl (C=O) groups is 2. The molecule has 2 heterocycles. The van der Waals surface area contributed by atoms with E-state index in [1.807, 2.05) is 31.2 Å². The van der Waals surface area contributed by atoms with Crippen molar-refractivity contribution in [3.63, 3.8) is 0 Å². The zero-order chi connectivity index (χ0) is 31.1. The van der Waals surface area contributed by atoms with Gasteiger partial charge >= 0.3 is 0 Å². The third-order valence-electron chi connectivity index (χ3n) is 7.90. The Bertz CT molecular complexity index is 1530. The van der Waals surface area contributed by atoms with Crippen molar-refractivity contribution in [3.05, 3.63) is 90.3 Å². The van der Waals surface area contributed by atoms with Gasteiger partial charge in [0.2, 0.25) is 11.8 Å². The highest BCUT2D eigenvalue weighted by Crippen LogP contribution is 2.29. The summed E-state index contributed by atoms with van der Waals surface area (Å²) in [5.41, 5.74) is 4.76. The van der Waals surface area contributed by atoms with Crippen LogP contribution in [0, 0.1) is 5.92 Å². The molecule has 3 atom stereocenters.